The Morgan fingerprint density at radius 2 is 2.00 bits per heavy atom. The maximum Gasteiger partial charge on any atom is 0.260 e. The maximum absolute atomic E-state index is 11.7. The highest BCUT2D eigenvalue weighted by atomic mass is 32.1. The highest BCUT2D eigenvalue weighted by Gasteiger charge is 2.28. The number of amides is 1. The molecule has 0 spiro atoms. The van der Waals surface area contributed by atoms with Gasteiger partial charge in [0.25, 0.3) is 5.91 Å². The molecular weight excluding hydrogens is 320 g/mol. The number of nitrogens with two attached hydrogens (primary N) is 2. The Labute approximate surface area is 146 Å². The van der Waals surface area contributed by atoms with Crippen molar-refractivity contribution in [2.45, 2.75) is 45.4 Å². The Morgan fingerprint density at radius 1 is 1.25 bits per heavy atom. The van der Waals surface area contributed by atoms with Gasteiger partial charge in [-0.05, 0) is 55.6 Å². The number of anilines is 2. The lowest BCUT2D eigenvalue weighted by Gasteiger charge is -2.33. The van der Waals surface area contributed by atoms with E-state index in [2.05, 4.69) is 11.8 Å². The van der Waals surface area contributed by atoms with E-state index in [4.69, 9.17) is 16.5 Å². The van der Waals surface area contributed by atoms with E-state index < -0.39 is 5.91 Å². The number of hydrogen-bond acceptors (Lipinski definition) is 5. The standard InChI is InChI=1S/C18H24N4OS/c1-10-5-6-11-12(9-10)17(22-7-3-2-4-8-22)21-18-13(11)14(19)15(24-18)16(20)23/h10H,2-9,19H2,1H3,(H2,20,23). The van der Waals surface area contributed by atoms with Gasteiger partial charge in [0.2, 0.25) is 0 Å². The number of nitrogen functional groups attached to an aromatic ring is 1. The van der Waals surface area contributed by atoms with Crippen LogP contribution in [0.1, 0.15) is 53.4 Å². The fraction of sp³-hybridized carbons (Fsp3) is 0.556. The van der Waals surface area contributed by atoms with Gasteiger partial charge >= 0.3 is 0 Å². The minimum Gasteiger partial charge on any atom is -0.397 e. The Bertz CT molecular complexity index is 807. The molecule has 24 heavy (non-hydrogen) atoms. The Kier molecular flexibility index (Phi) is 3.87. The van der Waals surface area contributed by atoms with E-state index in [1.807, 2.05) is 0 Å². The molecule has 0 radical (unpaired) electrons. The first-order chi connectivity index (χ1) is 11.6. The molecule has 4 N–H and O–H groups in total. The average molecular weight is 344 g/mol. The van der Waals surface area contributed by atoms with Crippen LogP contribution in [0.5, 0.6) is 0 Å². The second kappa shape index (κ2) is 5.92. The maximum atomic E-state index is 11.7. The van der Waals surface area contributed by atoms with Gasteiger partial charge in [-0.15, -0.1) is 11.3 Å². The molecule has 2 aliphatic rings. The third kappa shape index (κ3) is 2.44. The molecule has 1 unspecified atom stereocenters. The van der Waals surface area contributed by atoms with Crippen molar-refractivity contribution in [1.82, 2.24) is 4.98 Å². The van der Waals surface area contributed by atoms with Crippen LogP contribution in [0.2, 0.25) is 0 Å². The summed E-state index contributed by atoms with van der Waals surface area (Å²) in [7, 11) is 0. The Hall–Kier alpha value is -1.82. The van der Waals surface area contributed by atoms with Gasteiger partial charge in [-0.1, -0.05) is 6.92 Å². The van der Waals surface area contributed by atoms with Gasteiger partial charge in [-0.3, -0.25) is 4.79 Å². The van der Waals surface area contributed by atoms with Gasteiger partial charge in [0, 0.05) is 18.5 Å². The van der Waals surface area contributed by atoms with Crippen molar-refractivity contribution >= 4 is 39.0 Å². The van der Waals surface area contributed by atoms with Crippen molar-refractivity contribution < 1.29 is 4.79 Å². The first-order valence-electron chi connectivity index (χ1n) is 8.84. The lowest BCUT2D eigenvalue weighted by atomic mass is 9.83. The summed E-state index contributed by atoms with van der Waals surface area (Å²) in [5, 5.41) is 0.983. The van der Waals surface area contributed by atoms with E-state index in [9.17, 15) is 4.79 Å². The molecule has 0 aromatic carbocycles. The molecule has 6 heteroatoms. The zero-order valence-electron chi connectivity index (χ0n) is 14.1. The fourth-order valence-corrected chi connectivity index (χ4v) is 5.11. The lowest BCUT2D eigenvalue weighted by molar-refractivity contribution is 0.100. The quantitative estimate of drug-likeness (QED) is 0.876. The topological polar surface area (TPSA) is 85.2 Å². The van der Waals surface area contributed by atoms with E-state index in [1.54, 1.807) is 0 Å². The average Bonchev–Trinajstić information content (AvgIpc) is 2.92. The molecule has 1 aliphatic heterocycles. The summed E-state index contributed by atoms with van der Waals surface area (Å²) in [6.45, 7) is 4.45. The minimum atomic E-state index is -0.451. The Balaban J connectivity index is 1.95. The van der Waals surface area contributed by atoms with Gasteiger partial charge in [-0.2, -0.15) is 0 Å². The number of thiophene rings is 1. The van der Waals surface area contributed by atoms with Crippen LogP contribution in [0.3, 0.4) is 0 Å². The van der Waals surface area contributed by atoms with Crippen LogP contribution >= 0.6 is 11.3 Å². The van der Waals surface area contributed by atoms with Crippen molar-refractivity contribution in [3.63, 3.8) is 0 Å². The van der Waals surface area contributed by atoms with Crippen LogP contribution in [0.25, 0.3) is 10.2 Å². The second-order valence-corrected chi connectivity index (χ2v) is 8.18. The number of fused-ring (bicyclic) bond motifs is 3. The van der Waals surface area contributed by atoms with Crippen LogP contribution in [0.4, 0.5) is 11.5 Å². The van der Waals surface area contributed by atoms with Crippen molar-refractivity contribution in [3.8, 4) is 0 Å². The molecular formula is C18H24N4OS. The summed E-state index contributed by atoms with van der Waals surface area (Å²) in [6, 6.07) is 0. The van der Waals surface area contributed by atoms with Crippen LogP contribution in [-0.2, 0) is 12.8 Å². The number of rotatable bonds is 2. The zero-order chi connectivity index (χ0) is 16.8. The summed E-state index contributed by atoms with van der Waals surface area (Å²) < 4.78 is 0. The number of aromatic nitrogens is 1. The number of pyridine rings is 1. The van der Waals surface area contributed by atoms with Gasteiger partial charge in [0.05, 0.1) is 5.69 Å². The summed E-state index contributed by atoms with van der Waals surface area (Å²) in [4.78, 5) is 20.4. The van der Waals surface area contributed by atoms with Gasteiger partial charge in [0.1, 0.15) is 15.5 Å². The molecule has 1 amide bonds. The fourth-order valence-electron chi connectivity index (χ4n) is 4.13. The summed E-state index contributed by atoms with van der Waals surface area (Å²) in [6.07, 6.45) is 6.97. The molecule has 2 aromatic rings. The number of nitrogens with zero attached hydrogens (tertiary/aromatic N) is 2. The van der Waals surface area contributed by atoms with E-state index in [1.165, 1.54) is 41.7 Å². The van der Waals surface area contributed by atoms with Crippen LogP contribution in [0, 0.1) is 5.92 Å². The highest BCUT2D eigenvalue weighted by Crippen LogP contribution is 2.43. The van der Waals surface area contributed by atoms with Crippen LogP contribution in [0.15, 0.2) is 0 Å². The van der Waals surface area contributed by atoms with Crippen LogP contribution < -0.4 is 16.4 Å². The van der Waals surface area contributed by atoms with E-state index in [-0.39, 0.29) is 0 Å². The summed E-state index contributed by atoms with van der Waals surface area (Å²) in [5.74, 6) is 1.34. The molecule has 0 bridgehead atoms. The number of aryl methyl sites for hydroxylation is 1. The van der Waals surface area contributed by atoms with Gasteiger partial charge < -0.3 is 16.4 Å². The zero-order valence-corrected chi connectivity index (χ0v) is 14.9. The molecule has 0 saturated carbocycles. The molecule has 3 heterocycles. The number of hydrogen-bond donors (Lipinski definition) is 2. The molecule has 1 aliphatic carbocycles. The van der Waals surface area contributed by atoms with E-state index >= 15 is 0 Å². The summed E-state index contributed by atoms with van der Waals surface area (Å²) >= 11 is 1.35. The molecule has 4 rings (SSSR count). The Morgan fingerprint density at radius 3 is 2.71 bits per heavy atom. The van der Waals surface area contributed by atoms with Crippen molar-refractivity contribution in [2.75, 3.05) is 23.7 Å². The van der Waals surface area contributed by atoms with Crippen molar-refractivity contribution in [1.29, 1.82) is 0 Å². The monoisotopic (exact) mass is 344 g/mol. The molecule has 1 atom stereocenters. The molecule has 1 fully saturated rings. The number of primary amides is 1. The summed E-state index contributed by atoms with van der Waals surface area (Å²) in [5.41, 5.74) is 15.0. The number of piperidine rings is 1. The smallest absolute Gasteiger partial charge is 0.260 e. The molecule has 1 saturated heterocycles. The first-order valence-corrected chi connectivity index (χ1v) is 9.66. The predicted molar refractivity (Wildman–Crippen MR) is 99.8 cm³/mol. The number of carbonyl (C=O) groups excluding carboxylic acids is 1. The molecule has 2 aromatic heterocycles. The number of carbonyl (C=O) groups is 1. The second-order valence-electron chi connectivity index (χ2n) is 7.18. The van der Waals surface area contributed by atoms with E-state index in [0.717, 1.165) is 48.4 Å². The normalized spacial score (nSPS) is 21.0. The lowest BCUT2D eigenvalue weighted by Crippen LogP contribution is -2.32. The van der Waals surface area contributed by atoms with E-state index in [0.29, 0.717) is 16.5 Å². The van der Waals surface area contributed by atoms with Crippen molar-refractivity contribution in [3.05, 3.63) is 16.0 Å². The molecule has 128 valence electrons. The van der Waals surface area contributed by atoms with Gasteiger partial charge in [0.15, 0.2) is 0 Å². The SMILES string of the molecule is CC1CCc2c(c(N3CCCCC3)nc3sc(C(N)=O)c(N)c23)C1. The first kappa shape index (κ1) is 15.7. The third-order valence-corrected chi connectivity index (χ3v) is 6.50. The predicted octanol–water partition coefficient (Wildman–Crippen LogP) is 3.09. The molecule has 5 nitrogen and oxygen atoms in total. The largest absolute Gasteiger partial charge is 0.397 e. The third-order valence-electron chi connectivity index (χ3n) is 5.39. The van der Waals surface area contributed by atoms with Crippen molar-refractivity contribution in [2.24, 2.45) is 11.7 Å². The highest BCUT2D eigenvalue weighted by molar-refractivity contribution is 7.21. The minimum absolute atomic E-state index is 0.451. The van der Waals surface area contributed by atoms with Gasteiger partial charge in [-0.25, -0.2) is 4.98 Å². The van der Waals surface area contributed by atoms with Crippen LogP contribution in [-0.4, -0.2) is 24.0 Å².